The van der Waals surface area contributed by atoms with E-state index in [0.29, 0.717) is 17.2 Å². The van der Waals surface area contributed by atoms with Crippen LogP contribution in [0.2, 0.25) is 0 Å². The average molecular weight is 260 g/mol. The molecule has 1 heterocycles. The first kappa shape index (κ1) is 13.7. The molecule has 0 aliphatic carbocycles. The zero-order valence-corrected chi connectivity index (χ0v) is 11.4. The molecule has 1 aliphatic rings. The van der Waals surface area contributed by atoms with E-state index in [1.54, 1.807) is 24.3 Å². The van der Waals surface area contributed by atoms with E-state index in [0.717, 1.165) is 19.4 Å². The first-order valence-corrected chi connectivity index (χ1v) is 6.73. The van der Waals surface area contributed by atoms with Gasteiger partial charge in [0.1, 0.15) is 0 Å². The standard InChI is InChI=1S/C15H20N2O2/c1-10-14(4-3-9-16-10)17-15(19)13-7-5-12(6-8-13)11(2)18/h5-8,10,14,16H,3-4,9H2,1-2H3,(H,17,19). The van der Waals surface area contributed by atoms with Gasteiger partial charge in [0.2, 0.25) is 0 Å². The van der Waals surface area contributed by atoms with E-state index in [1.165, 1.54) is 6.92 Å². The summed E-state index contributed by atoms with van der Waals surface area (Å²) in [6.07, 6.45) is 2.09. The van der Waals surface area contributed by atoms with E-state index in [-0.39, 0.29) is 17.7 Å². The quantitative estimate of drug-likeness (QED) is 0.814. The third kappa shape index (κ3) is 3.41. The van der Waals surface area contributed by atoms with Crippen LogP contribution in [0.15, 0.2) is 24.3 Å². The van der Waals surface area contributed by atoms with Crippen LogP contribution in [0.5, 0.6) is 0 Å². The van der Waals surface area contributed by atoms with Crippen molar-refractivity contribution in [3.63, 3.8) is 0 Å². The highest BCUT2D eigenvalue weighted by Crippen LogP contribution is 2.10. The second-order valence-electron chi connectivity index (χ2n) is 5.10. The molecule has 0 spiro atoms. The van der Waals surface area contributed by atoms with Crippen LogP contribution in [0, 0.1) is 0 Å². The van der Waals surface area contributed by atoms with Crippen molar-refractivity contribution in [1.29, 1.82) is 0 Å². The minimum atomic E-state index is -0.0735. The molecule has 0 bridgehead atoms. The maximum absolute atomic E-state index is 12.1. The lowest BCUT2D eigenvalue weighted by molar-refractivity contribution is 0.0918. The summed E-state index contributed by atoms with van der Waals surface area (Å²) in [6.45, 7) is 4.62. The monoisotopic (exact) mass is 260 g/mol. The van der Waals surface area contributed by atoms with Crippen LogP contribution in [0.3, 0.4) is 0 Å². The van der Waals surface area contributed by atoms with E-state index in [1.807, 2.05) is 0 Å². The first-order chi connectivity index (χ1) is 9.08. The highest BCUT2D eigenvalue weighted by atomic mass is 16.1. The van der Waals surface area contributed by atoms with Gasteiger partial charge in [-0.25, -0.2) is 0 Å². The summed E-state index contributed by atoms with van der Waals surface area (Å²) in [6, 6.07) is 7.27. The number of rotatable bonds is 3. The number of hydrogen-bond acceptors (Lipinski definition) is 3. The van der Waals surface area contributed by atoms with Crippen LogP contribution in [0.1, 0.15) is 47.4 Å². The fourth-order valence-corrected chi connectivity index (χ4v) is 2.35. The highest BCUT2D eigenvalue weighted by Gasteiger charge is 2.22. The summed E-state index contributed by atoms with van der Waals surface area (Å²) in [5.74, 6) is -0.0623. The molecule has 2 rings (SSSR count). The van der Waals surface area contributed by atoms with Gasteiger partial charge in [-0.05, 0) is 45.4 Å². The Morgan fingerprint density at radius 1 is 1.21 bits per heavy atom. The van der Waals surface area contributed by atoms with Crippen LogP contribution >= 0.6 is 0 Å². The Morgan fingerprint density at radius 2 is 1.84 bits per heavy atom. The summed E-state index contributed by atoms with van der Waals surface area (Å²) in [7, 11) is 0. The zero-order chi connectivity index (χ0) is 13.8. The van der Waals surface area contributed by atoms with E-state index in [2.05, 4.69) is 17.6 Å². The second-order valence-corrected chi connectivity index (χ2v) is 5.10. The second kappa shape index (κ2) is 5.97. The molecule has 1 fully saturated rings. The predicted molar refractivity (Wildman–Crippen MR) is 74.4 cm³/mol. The molecule has 1 aromatic carbocycles. The number of hydrogen-bond donors (Lipinski definition) is 2. The Bertz CT molecular complexity index is 468. The Labute approximate surface area is 113 Å². The van der Waals surface area contributed by atoms with Crippen molar-refractivity contribution in [2.45, 2.75) is 38.8 Å². The zero-order valence-electron chi connectivity index (χ0n) is 11.4. The molecule has 19 heavy (non-hydrogen) atoms. The van der Waals surface area contributed by atoms with Crippen molar-refractivity contribution in [1.82, 2.24) is 10.6 Å². The molecule has 0 aromatic heterocycles. The van der Waals surface area contributed by atoms with Crippen LogP contribution in [-0.2, 0) is 0 Å². The Kier molecular flexibility index (Phi) is 4.32. The smallest absolute Gasteiger partial charge is 0.251 e. The minimum absolute atomic E-state index is 0.0112. The van der Waals surface area contributed by atoms with E-state index < -0.39 is 0 Å². The van der Waals surface area contributed by atoms with Crippen LogP contribution in [0.4, 0.5) is 0 Å². The van der Waals surface area contributed by atoms with Gasteiger partial charge in [0.25, 0.3) is 5.91 Å². The summed E-state index contributed by atoms with van der Waals surface area (Å²) < 4.78 is 0. The number of nitrogens with one attached hydrogen (secondary N) is 2. The molecule has 1 aliphatic heterocycles. The normalized spacial score (nSPS) is 22.8. The van der Waals surface area contributed by atoms with Gasteiger partial charge in [0, 0.05) is 23.2 Å². The van der Waals surface area contributed by atoms with Crippen molar-refractivity contribution < 1.29 is 9.59 Å². The summed E-state index contributed by atoms with van der Waals surface area (Å²) in [4.78, 5) is 23.3. The van der Waals surface area contributed by atoms with Gasteiger partial charge >= 0.3 is 0 Å². The maximum atomic E-state index is 12.1. The van der Waals surface area contributed by atoms with Gasteiger partial charge < -0.3 is 10.6 Å². The molecule has 2 unspecified atom stereocenters. The SMILES string of the molecule is CC(=O)c1ccc(C(=O)NC2CCCNC2C)cc1. The van der Waals surface area contributed by atoms with Crippen LogP contribution in [0.25, 0.3) is 0 Å². The molecule has 1 saturated heterocycles. The van der Waals surface area contributed by atoms with E-state index >= 15 is 0 Å². The summed E-state index contributed by atoms with van der Waals surface area (Å²) >= 11 is 0. The van der Waals surface area contributed by atoms with Gasteiger partial charge in [-0.3, -0.25) is 9.59 Å². The number of amides is 1. The van der Waals surface area contributed by atoms with Crippen molar-refractivity contribution in [3.05, 3.63) is 35.4 Å². The molecule has 1 amide bonds. The van der Waals surface area contributed by atoms with Crippen LogP contribution in [-0.4, -0.2) is 30.3 Å². The molecule has 2 N–H and O–H groups in total. The topological polar surface area (TPSA) is 58.2 Å². The molecule has 0 radical (unpaired) electrons. The fourth-order valence-electron chi connectivity index (χ4n) is 2.35. The summed E-state index contributed by atoms with van der Waals surface area (Å²) in [5.41, 5.74) is 1.23. The maximum Gasteiger partial charge on any atom is 0.251 e. The van der Waals surface area contributed by atoms with Gasteiger partial charge in [-0.15, -0.1) is 0 Å². The van der Waals surface area contributed by atoms with Gasteiger partial charge in [0.15, 0.2) is 5.78 Å². The van der Waals surface area contributed by atoms with Gasteiger partial charge in [-0.1, -0.05) is 12.1 Å². The first-order valence-electron chi connectivity index (χ1n) is 6.73. The van der Waals surface area contributed by atoms with Crippen molar-refractivity contribution in [3.8, 4) is 0 Å². The Balaban J connectivity index is 2.01. The average Bonchev–Trinajstić information content (AvgIpc) is 2.41. The number of ketones is 1. The third-order valence-corrected chi connectivity index (χ3v) is 3.63. The third-order valence-electron chi connectivity index (χ3n) is 3.63. The van der Waals surface area contributed by atoms with Gasteiger partial charge in [-0.2, -0.15) is 0 Å². The lowest BCUT2D eigenvalue weighted by Gasteiger charge is -2.30. The number of Topliss-reactive ketones (excluding diaryl/α,β-unsaturated/α-hetero) is 1. The molecule has 4 nitrogen and oxygen atoms in total. The molecule has 4 heteroatoms. The molecular weight excluding hydrogens is 240 g/mol. The largest absolute Gasteiger partial charge is 0.348 e. The van der Waals surface area contributed by atoms with Crippen molar-refractivity contribution in [2.24, 2.45) is 0 Å². The number of benzene rings is 1. The number of carbonyl (C=O) groups is 2. The molecule has 2 atom stereocenters. The number of piperidine rings is 1. The van der Waals surface area contributed by atoms with Crippen LogP contribution < -0.4 is 10.6 Å². The molecule has 102 valence electrons. The lowest BCUT2D eigenvalue weighted by Crippen LogP contribution is -2.51. The number of carbonyl (C=O) groups excluding carboxylic acids is 2. The molecule has 1 aromatic rings. The fraction of sp³-hybridized carbons (Fsp3) is 0.467. The van der Waals surface area contributed by atoms with E-state index in [4.69, 9.17) is 0 Å². The van der Waals surface area contributed by atoms with Crippen molar-refractivity contribution in [2.75, 3.05) is 6.54 Å². The molecular formula is C15H20N2O2. The summed E-state index contributed by atoms with van der Waals surface area (Å²) in [5, 5.41) is 6.40. The molecule has 0 saturated carbocycles. The predicted octanol–water partition coefficient (Wildman–Crippen LogP) is 1.76. The van der Waals surface area contributed by atoms with Gasteiger partial charge in [0.05, 0.1) is 0 Å². The van der Waals surface area contributed by atoms with E-state index in [9.17, 15) is 9.59 Å². The lowest BCUT2D eigenvalue weighted by atomic mass is 9.99. The minimum Gasteiger partial charge on any atom is -0.348 e. The Hall–Kier alpha value is -1.68. The highest BCUT2D eigenvalue weighted by molar-refractivity contribution is 5.97. The Morgan fingerprint density at radius 3 is 2.42 bits per heavy atom. The van der Waals surface area contributed by atoms with Crippen molar-refractivity contribution >= 4 is 11.7 Å².